The molecule has 0 aliphatic heterocycles. The Kier molecular flexibility index (Phi) is 5.67. The molecule has 6 heteroatoms. The molecule has 2 aromatic carbocycles. The van der Waals surface area contributed by atoms with Crippen molar-refractivity contribution in [3.63, 3.8) is 0 Å². The average Bonchev–Trinajstić information content (AvgIpc) is 2.47. The van der Waals surface area contributed by atoms with Gasteiger partial charge < -0.3 is 11.1 Å². The predicted octanol–water partition coefficient (Wildman–Crippen LogP) is 2.65. The molecule has 4 nitrogen and oxygen atoms in total. The van der Waals surface area contributed by atoms with Crippen molar-refractivity contribution in [2.45, 2.75) is 11.4 Å². The van der Waals surface area contributed by atoms with Crippen LogP contribution in [0.2, 0.25) is 0 Å². The van der Waals surface area contributed by atoms with E-state index in [1.54, 1.807) is 24.3 Å². The molecule has 0 spiro atoms. The van der Waals surface area contributed by atoms with E-state index < -0.39 is 10.8 Å². The van der Waals surface area contributed by atoms with Crippen molar-refractivity contribution in [1.29, 1.82) is 0 Å². The quantitative estimate of drug-likeness (QED) is 0.854. The van der Waals surface area contributed by atoms with E-state index in [0.29, 0.717) is 17.1 Å². The number of carbonyl (C=O) groups is 1. The fourth-order valence-corrected chi connectivity index (χ4v) is 3.33. The molecule has 3 N–H and O–H groups in total. The summed E-state index contributed by atoms with van der Waals surface area (Å²) in [5, 5.41) is 2.75. The largest absolute Gasteiger partial charge is 0.326 e. The third-order valence-corrected chi connectivity index (χ3v) is 4.63. The summed E-state index contributed by atoms with van der Waals surface area (Å²) in [5.74, 6) is -0.385. The Morgan fingerprint density at radius 3 is 2.67 bits per heavy atom. The van der Waals surface area contributed by atoms with Crippen molar-refractivity contribution in [2.24, 2.45) is 5.73 Å². The summed E-state index contributed by atoms with van der Waals surface area (Å²) >= 11 is 3.32. The third-order valence-electron chi connectivity index (χ3n) is 2.83. The van der Waals surface area contributed by atoms with Gasteiger partial charge in [0.1, 0.15) is 5.75 Å². The smallest absolute Gasteiger partial charge is 0.237 e. The molecular formula is C15H15BrN2O2S. The normalized spacial score (nSPS) is 11.9. The van der Waals surface area contributed by atoms with Crippen LogP contribution in [0.1, 0.15) is 5.56 Å². The van der Waals surface area contributed by atoms with E-state index in [1.807, 2.05) is 24.3 Å². The molecule has 0 saturated carbocycles. The number of amides is 1. The molecule has 1 amide bonds. The van der Waals surface area contributed by atoms with E-state index in [2.05, 4.69) is 21.2 Å². The lowest BCUT2D eigenvalue weighted by molar-refractivity contribution is -0.113. The van der Waals surface area contributed by atoms with Gasteiger partial charge in [0, 0.05) is 21.6 Å². The number of para-hydroxylation sites is 1. The first kappa shape index (κ1) is 15.9. The van der Waals surface area contributed by atoms with E-state index in [-0.39, 0.29) is 11.7 Å². The van der Waals surface area contributed by atoms with Gasteiger partial charge in [0.2, 0.25) is 5.91 Å². The highest BCUT2D eigenvalue weighted by atomic mass is 79.9. The summed E-state index contributed by atoms with van der Waals surface area (Å²) in [4.78, 5) is 12.6. The first-order valence-corrected chi connectivity index (χ1v) is 8.43. The molecule has 0 aliphatic rings. The number of hydrogen-bond acceptors (Lipinski definition) is 3. The molecule has 0 radical (unpaired) electrons. The zero-order chi connectivity index (χ0) is 15.2. The Morgan fingerprint density at radius 1 is 1.19 bits per heavy atom. The molecule has 2 rings (SSSR count). The average molecular weight is 367 g/mol. The summed E-state index contributed by atoms with van der Waals surface area (Å²) < 4.78 is 13.0. The lowest BCUT2D eigenvalue weighted by Gasteiger charge is -2.09. The minimum Gasteiger partial charge on any atom is -0.326 e. The van der Waals surface area contributed by atoms with Crippen LogP contribution in [0, 0.1) is 0 Å². The van der Waals surface area contributed by atoms with E-state index in [1.165, 1.54) is 0 Å². The van der Waals surface area contributed by atoms with Crippen LogP contribution >= 0.6 is 15.9 Å². The zero-order valence-corrected chi connectivity index (χ0v) is 13.6. The first-order valence-electron chi connectivity index (χ1n) is 6.32. The van der Waals surface area contributed by atoms with E-state index in [4.69, 9.17) is 5.73 Å². The van der Waals surface area contributed by atoms with Gasteiger partial charge in [-0.15, -0.1) is 0 Å². The van der Waals surface area contributed by atoms with Crippen LogP contribution in [0.25, 0.3) is 0 Å². The summed E-state index contributed by atoms with van der Waals surface area (Å²) in [5.41, 5.74) is 7.13. The molecule has 2 aromatic rings. The minimum atomic E-state index is -1.38. The molecule has 0 heterocycles. The molecule has 110 valence electrons. The molecule has 1 unspecified atom stereocenters. The van der Waals surface area contributed by atoms with Crippen LogP contribution in [-0.4, -0.2) is 15.9 Å². The highest BCUT2D eigenvalue weighted by Crippen LogP contribution is 2.16. The van der Waals surface area contributed by atoms with Crippen LogP contribution in [0.15, 0.2) is 57.9 Å². The molecule has 0 aromatic heterocycles. The van der Waals surface area contributed by atoms with E-state index >= 15 is 0 Å². The van der Waals surface area contributed by atoms with Gasteiger partial charge >= 0.3 is 0 Å². The summed E-state index contributed by atoms with van der Waals surface area (Å²) in [6.45, 7) is 0.338. The molecule has 1 atom stereocenters. The SMILES string of the molecule is NCc1ccccc1NC(=O)CS(=O)c1cccc(Br)c1. The monoisotopic (exact) mass is 366 g/mol. The van der Waals surface area contributed by atoms with Crippen LogP contribution in [-0.2, 0) is 22.1 Å². The number of hydrogen-bond donors (Lipinski definition) is 2. The Balaban J connectivity index is 2.03. The maximum absolute atomic E-state index is 12.2. The second-order valence-electron chi connectivity index (χ2n) is 4.36. The molecular weight excluding hydrogens is 352 g/mol. The van der Waals surface area contributed by atoms with E-state index in [0.717, 1.165) is 10.0 Å². The number of anilines is 1. The topological polar surface area (TPSA) is 72.2 Å². The third kappa shape index (κ3) is 4.49. The molecule has 0 aliphatic carbocycles. The van der Waals surface area contributed by atoms with Crippen molar-refractivity contribution in [2.75, 3.05) is 11.1 Å². The zero-order valence-electron chi connectivity index (χ0n) is 11.2. The highest BCUT2D eigenvalue weighted by Gasteiger charge is 2.12. The predicted molar refractivity (Wildman–Crippen MR) is 88.4 cm³/mol. The van der Waals surface area contributed by atoms with Crippen LogP contribution in [0.4, 0.5) is 5.69 Å². The van der Waals surface area contributed by atoms with Gasteiger partial charge in [-0.05, 0) is 29.8 Å². The number of nitrogens with two attached hydrogens (primary N) is 1. The van der Waals surface area contributed by atoms with Gasteiger partial charge in [0.25, 0.3) is 0 Å². The molecule has 0 bridgehead atoms. The lowest BCUT2D eigenvalue weighted by Crippen LogP contribution is -2.20. The number of benzene rings is 2. The van der Waals surface area contributed by atoms with Gasteiger partial charge in [-0.25, -0.2) is 0 Å². The Hall–Kier alpha value is -1.50. The fourth-order valence-electron chi connectivity index (χ4n) is 1.82. The van der Waals surface area contributed by atoms with Crippen molar-refractivity contribution in [3.05, 3.63) is 58.6 Å². The summed E-state index contributed by atoms with van der Waals surface area (Å²) in [6, 6.07) is 14.4. The van der Waals surface area contributed by atoms with Crippen LogP contribution in [0.5, 0.6) is 0 Å². The minimum absolute atomic E-state index is 0.0879. The lowest BCUT2D eigenvalue weighted by atomic mass is 10.2. The van der Waals surface area contributed by atoms with Crippen molar-refractivity contribution in [3.8, 4) is 0 Å². The Bertz CT molecular complexity index is 676. The van der Waals surface area contributed by atoms with Crippen LogP contribution in [0.3, 0.4) is 0 Å². The van der Waals surface area contributed by atoms with Gasteiger partial charge in [0.15, 0.2) is 0 Å². The number of rotatable bonds is 5. The Morgan fingerprint density at radius 2 is 1.95 bits per heavy atom. The number of carbonyl (C=O) groups excluding carboxylic acids is 1. The summed E-state index contributed by atoms with van der Waals surface area (Å²) in [6.07, 6.45) is 0. The second kappa shape index (κ2) is 7.49. The number of nitrogens with one attached hydrogen (secondary N) is 1. The van der Waals surface area contributed by atoms with Crippen molar-refractivity contribution in [1.82, 2.24) is 0 Å². The van der Waals surface area contributed by atoms with Crippen molar-refractivity contribution < 1.29 is 9.00 Å². The van der Waals surface area contributed by atoms with Gasteiger partial charge in [-0.3, -0.25) is 9.00 Å². The van der Waals surface area contributed by atoms with Crippen molar-refractivity contribution >= 4 is 38.3 Å². The molecule has 0 saturated heterocycles. The Labute approximate surface area is 134 Å². The standard InChI is InChI=1S/C15H15BrN2O2S/c16-12-5-3-6-13(8-12)21(20)10-15(19)18-14-7-2-1-4-11(14)9-17/h1-8H,9-10,17H2,(H,18,19). The first-order chi connectivity index (χ1) is 10.1. The molecule has 0 fully saturated rings. The molecule has 21 heavy (non-hydrogen) atoms. The van der Waals surface area contributed by atoms with Gasteiger partial charge in [-0.2, -0.15) is 0 Å². The summed E-state index contributed by atoms with van der Waals surface area (Å²) in [7, 11) is -1.38. The maximum atomic E-state index is 12.2. The van der Waals surface area contributed by atoms with E-state index in [9.17, 15) is 9.00 Å². The van der Waals surface area contributed by atoms with Gasteiger partial charge in [-0.1, -0.05) is 40.2 Å². The highest BCUT2D eigenvalue weighted by molar-refractivity contribution is 9.10. The second-order valence-corrected chi connectivity index (χ2v) is 6.72. The maximum Gasteiger partial charge on any atom is 0.237 e. The number of halogens is 1. The van der Waals surface area contributed by atoms with Gasteiger partial charge in [0.05, 0.1) is 10.8 Å². The fraction of sp³-hybridized carbons (Fsp3) is 0.133. The van der Waals surface area contributed by atoms with Crippen LogP contribution < -0.4 is 11.1 Å².